The van der Waals surface area contributed by atoms with Gasteiger partial charge in [-0.05, 0) is 69.3 Å². The number of halogens is 2. The van der Waals surface area contributed by atoms with Crippen LogP contribution in [0.3, 0.4) is 0 Å². The summed E-state index contributed by atoms with van der Waals surface area (Å²) in [7, 11) is 0. The van der Waals surface area contributed by atoms with Gasteiger partial charge in [-0.15, -0.1) is 0 Å². The molecule has 1 aromatic carbocycles. The van der Waals surface area contributed by atoms with Crippen molar-refractivity contribution in [1.29, 1.82) is 0 Å². The van der Waals surface area contributed by atoms with Crippen molar-refractivity contribution in [2.24, 2.45) is 0 Å². The highest BCUT2D eigenvalue weighted by Crippen LogP contribution is 2.25. The van der Waals surface area contributed by atoms with E-state index in [0.29, 0.717) is 5.75 Å². The standard InChI is InChI=1S/C9H10I2O/c1-2-3-7-8(10)4-6(12)5-9(7)11/h4-5,12H,2-3H2,1H3. The predicted octanol–water partition coefficient (Wildman–Crippen LogP) is 3.55. The van der Waals surface area contributed by atoms with Gasteiger partial charge in [-0.1, -0.05) is 13.3 Å². The summed E-state index contributed by atoms with van der Waals surface area (Å²) in [4.78, 5) is 0. The summed E-state index contributed by atoms with van der Waals surface area (Å²) in [6.45, 7) is 2.17. The molecule has 1 aromatic rings. The molecular formula is C9H10I2O. The molecule has 0 atom stereocenters. The molecule has 12 heavy (non-hydrogen) atoms. The van der Waals surface area contributed by atoms with Crippen LogP contribution in [-0.2, 0) is 6.42 Å². The van der Waals surface area contributed by atoms with Crippen LogP contribution >= 0.6 is 45.2 Å². The lowest BCUT2D eigenvalue weighted by atomic mass is 10.1. The lowest BCUT2D eigenvalue weighted by molar-refractivity contribution is 0.474. The monoisotopic (exact) mass is 388 g/mol. The Balaban J connectivity index is 3.10. The van der Waals surface area contributed by atoms with Crippen LogP contribution in [0.4, 0.5) is 0 Å². The molecule has 0 unspecified atom stereocenters. The Bertz CT molecular complexity index is 261. The fourth-order valence-corrected chi connectivity index (χ4v) is 3.35. The molecule has 1 N–H and O–H groups in total. The molecule has 0 spiro atoms. The predicted molar refractivity (Wildman–Crippen MR) is 67.5 cm³/mol. The summed E-state index contributed by atoms with van der Waals surface area (Å²) >= 11 is 4.54. The highest BCUT2D eigenvalue weighted by molar-refractivity contribution is 14.1. The van der Waals surface area contributed by atoms with E-state index >= 15 is 0 Å². The Hall–Kier alpha value is 0.480. The van der Waals surface area contributed by atoms with Crippen molar-refractivity contribution >= 4 is 45.2 Å². The Labute approximate surface area is 99.8 Å². The average Bonchev–Trinajstić information content (AvgIpc) is 1.96. The van der Waals surface area contributed by atoms with Crippen molar-refractivity contribution < 1.29 is 5.11 Å². The molecule has 0 saturated heterocycles. The minimum absolute atomic E-state index is 0.364. The van der Waals surface area contributed by atoms with Crippen LogP contribution in [0.15, 0.2) is 12.1 Å². The molecule has 0 aromatic heterocycles. The highest BCUT2D eigenvalue weighted by atomic mass is 127. The van der Waals surface area contributed by atoms with Gasteiger partial charge in [0.1, 0.15) is 5.75 Å². The number of phenols is 1. The first kappa shape index (κ1) is 10.6. The number of hydrogen-bond acceptors (Lipinski definition) is 1. The summed E-state index contributed by atoms with van der Waals surface area (Å²) in [5.74, 6) is 0.364. The number of rotatable bonds is 2. The van der Waals surface area contributed by atoms with E-state index in [2.05, 4.69) is 52.1 Å². The minimum atomic E-state index is 0.364. The van der Waals surface area contributed by atoms with Crippen LogP contribution in [0.2, 0.25) is 0 Å². The topological polar surface area (TPSA) is 20.2 Å². The smallest absolute Gasteiger partial charge is 0.117 e. The number of aromatic hydroxyl groups is 1. The first-order chi connectivity index (χ1) is 5.65. The van der Waals surface area contributed by atoms with Crippen LogP contribution < -0.4 is 0 Å². The quantitative estimate of drug-likeness (QED) is 0.769. The van der Waals surface area contributed by atoms with Crippen molar-refractivity contribution in [3.05, 3.63) is 24.8 Å². The zero-order valence-electron chi connectivity index (χ0n) is 6.77. The fraction of sp³-hybridized carbons (Fsp3) is 0.333. The van der Waals surface area contributed by atoms with E-state index in [1.54, 1.807) is 0 Å². The van der Waals surface area contributed by atoms with Crippen LogP contribution in [0.1, 0.15) is 18.9 Å². The highest BCUT2D eigenvalue weighted by Gasteiger charge is 2.05. The summed E-state index contributed by atoms with van der Waals surface area (Å²) < 4.78 is 2.33. The molecule has 0 radical (unpaired) electrons. The lowest BCUT2D eigenvalue weighted by Crippen LogP contribution is -1.92. The van der Waals surface area contributed by atoms with E-state index in [-0.39, 0.29) is 0 Å². The molecule has 3 heteroatoms. The SMILES string of the molecule is CCCc1c(I)cc(O)cc1I. The van der Waals surface area contributed by atoms with E-state index < -0.39 is 0 Å². The molecule has 0 fully saturated rings. The summed E-state index contributed by atoms with van der Waals surface area (Å²) in [5.41, 5.74) is 1.36. The van der Waals surface area contributed by atoms with Gasteiger partial charge in [0, 0.05) is 7.14 Å². The van der Waals surface area contributed by atoms with E-state index in [1.165, 1.54) is 12.7 Å². The van der Waals surface area contributed by atoms with Gasteiger partial charge in [0.05, 0.1) is 0 Å². The van der Waals surface area contributed by atoms with Crippen molar-refractivity contribution in [2.75, 3.05) is 0 Å². The zero-order chi connectivity index (χ0) is 9.14. The lowest BCUT2D eigenvalue weighted by Gasteiger charge is -2.06. The van der Waals surface area contributed by atoms with Crippen LogP contribution in [0.25, 0.3) is 0 Å². The Morgan fingerprint density at radius 1 is 1.25 bits per heavy atom. The second kappa shape index (κ2) is 4.64. The molecule has 0 saturated carbocycles. The fourth-order valence-electron chi connectivity index (χ4n) is 1.08. The first-order valence-corrected chi connectivity index (χ1v) is 5.97. The molecule has 0 amide bonds. The van der Waals surface area contributed by atoms with Crippen LogP contribution in [0.5, 0.6) is 5.75 Å². The van der Waals surface area contributed by atoms with Gasteiger partial charge >= 0.3 is 0 Å². The van der Waals surface area contributed by atoms with Gasteiger partial charge in [0.25, 0.3) is 0 Å². The van der Waals surface area contributed by atoms with Gasteiger partial charge in [-0.2, -0.15) is 0 Å². The second-order valence-electron chi connectivity index (χ2n) is 2.64. The Kier molecular flexibility index (Phi) is 4.09. The molecule has 66 valence electrons. The van der Waals surface area contributed by atoms with Gasteiger partial charge in [-0.25, -0.2) is 0 Å². The largest absolute Gasteiger partial charge is 0.508 e. The molecule has 0 aliphatic heterocycles. The summed E-state index contributed by atoms with van der Waals surface area (Å²) in [6, 6.07) is 3.63. The molecule has 0 aliphatic carbocycles. The molecule has 0 bridgehead atoms. The maximum atomic E-state index is 9.28. The van der Waals surface area contributed by atoms with Gasteiger partial charge < -0.3 is 5.11 Å². The maximum absolute atomic E-state index is 9.28. The summed E-state index contributed by atoms with van der Waals surface area (Å²) in [6.07, 6.45) is 2.24. The maximum Gasteiger partial charge on any atom is 0.117 e. The van der Waals surface area contributed by atoms with E-state index in [1.807, 2.05) is 12.1 Å². The number of hydrogen-bond donors (Lipinski definition) is 1. The average molecular weight is 388 g/mol. The van der Waals surface area contributed by atoms with E-state index in [0.717, 1.165) is 12.8 Å². The molecule has 1 nitrogen and oxygen atoms in total. The van der Waals surface area contributed by atoms with E-state index in [4.69, 9.17) is 0 Å². The molecular weight excluding hydrogens is 378 g/mol. The third-order valence-electron chi connectivity index (χ3n) is 1.63. The second-order valence-corrected chi connectivity index (χ2v) is 4.96. The Morgan fingerprint density at radius 2 is 1.75 bits per heavy atom. The van der Waals surface area contributed by atoms with Crippen molar-refractivity contribution in [3.8, 4) is 5.75 Å². The van der Waals surface area contributed by atoms with Crippen molar-refractivity contribution in [2.45, 2.75) is 19.8 Å². The van der Waals surface area contributed by atoms with Gasteiger partial charge in [0.15, 0.2) is 0 Å². The van der Waals surface area contributed by atoms with Gasteiger partial charge in [0.2, 0.25) is 0 Å². The Morgan fingerprint density at radius 3 is 2.17 bits per heavy atom. The van der Waals surface area contributed by atoms with E-state index in [9.17, 15) is 5.11 Å². The zero-order valence-corrected chi connectivity index (χ0v) is 11.1. The summed E-state index contributed by atoms with van der Waals surface area (Å²) in [5, 5.41) is 9.28. The number of benzene rings is 1. The van der Waals surface area contributed by atoms with Crippen molar-refractivity contribution in [1.82, 2.24) is 0 Å². The first-order valence-electron chi connectivity index (χ1n) is 3.82. The third kappa shape index (κ3) is 2.48. The number of phenolic OH excluding ortho intramolecular Hbond substituents is 1. The molecule has 0 heterocycles. The van der Waals surface area contributed by atoms with Gasteiger partial charge in [-0.3, -0.25) is 0 Å². The normalized spacial score (nSPS) is 10.2. The van der Waals surface area contributed by atoms with Crippen LogP contribution in [-0.4, -0.2) is 5.11 Å². The van der Waals surface area contributed by atoms with Crippen LogP contribution in [0, 0.1) is 7.14 Å². The van der Waals surface area contributed by atoms with Crippen molar-refractivity contribution in [3.63, 3.8) is 0 Å². The third-order valence-corrected chi connectivity index (χ3v) is 3.55. The molecule has 1 rings (SSSR count). The minimum Gasteiger partial charge on any atom is -0.508 e. The molecule has 0 aliphatic rings.